The summed E-state index contributed by atoms with van der Waals surface area (Å²) in [5.41, 5.74) is 0.689. The first-order chi connectivity index (χ1) is 14.6. The highest BCUT2D eigenvalue weighted by Gasteiger charge is 2.30. The summed E-state index contributed by atoms with van der Waals surface area (Å²) in [6.07, 6.45) is -8.83. The van der Waals surface area contributed by atoms with Crippen molar-refractivity contribution in [1.82, 2.24) is 10.2 Å². The van der Waals surface area contributed by atoms with Crippen LogP contribution >= 0.6 is 0 Å². The molecule has 0 fully saturated rings. The number of hydrogen-bond acceptors (Lipinski definition) is 3. The Hall–Kier alpha value is -3.62. The van der Waals surface area contributed by atoms with Gasteiger partial charge in [0.05, 0.1) is 11.1 Å². The molecule has 31 heavy (non-hydrogen) atoms. The Kier molecular flexibility index (Phi) is 5.04. The molecule has 0 amide bonds. The van der Waals surface area contributed by atoms with Crippen LogP contribution < -0.4 is 0 Å². The van der Waals surface area contributed by atoms with E-state index in [0.29, 0.717) is 22.3 Å². The van der Waals surface area contributed by atoms with E-state index in [0.717, 1.165) is 24.3 Å². The van der Waals surface area contributed by atoms with Gasteiger partial charge in [-0.3, -0.25) is 0 Å². The molecule has 9 heteroatoms. The first-order valence-electron chi connectivity index (χ1n) is 8.90. The summed E-state index contributed by atoms with van der Waals surface area (Å²) >= 11 is 0. The lowest BCUT2D eigenvalue weighted by Crippen LogP contribution is -2.03. The second kappa shape index (κ2) is 7.57. The Morgan fingerprint density at radius 3 is 1.10 bits per heavy atom. The lowest BCUT2D eigenvalue weighted by atomic mass is 10.0. The number of rotatable bonds is 3. The van der Waals surface area contributed by atoms with Gasteiger partial charge in [-0.2, -0.15) is 26.3 Å². The van der Waals surface area contributed by atoms with Gasteiger partial charge < -0.3 is 4.42 Å². The van der Waals surface area contributed by atoms with Crippen LogP contribution in [0.25, 0.3) is 34.0 Å². The second-order valence-electron chi connectivity index (χ2n) is 6.64. The Labute approximate surface area is 172 Å². The minimum atomic E-state index is -4.44. The molecule has 0 unspecified atom stereocenters. The van der Waals surface area contributed by atoms with Crippen molar-refractivity contribution in [2.24, 2.45) is 0 Å². The van der Waals surface area contributed by atoms with Crippen LogP contribution in [-0.4, -0.2) is 10.2 Å². The molecule has 3 nitrogen and oxygen atoms in total. The van der Waals surface area contributed by atoms with Gasteiger partial charge in [-0.05, 0) is 59.7 Å². The normalized spacial score (nSPS) is 12.2. The van der Waals surface area contributed by atoms with Crippen molar-refractivity contribution in [2.75, 3.05) is 0 Å². The predicted molar refractivity (Wildman–Crippen MR) is 101 cm³/mol. The van der Waals surface area contributed by atoms with Crippen molar-refractivity contribution in [1.29, 1.82) is 0 Å². The number of hydrogen-bond donors (Lipinski definition) is 0. The summed E-state index contributed by atoms with van der Waals surface area (Å²) in [7, 11) is 0. The summed E-state index contributed by atoms with van der Waals surface area (Å²) < 4.78 is 81.6. The zero-order valence-electron chi connectivity index (χ0n) is 15.5. The molecule has 3 aromatic carbocycles. The molecule has 0 saturated heterocycles. The van der Waals surface area contributed by atoms with E-state index >= 15 is 0 Å². The maximum Gasteiger partial charge on any atom is 0.416 e. The van der Waals surface area contributed by atoms with Gasteiger partial charge in [0.1, 0.15) is 0 Å². The molecule has 0 bridgehead atoms. The van der Waals surface area contributed by atoms with Crippen LogP contribution in [0.1, 0.15) is 11.1 Å². The second-order valence-corrected chi connectivity index (χ2v) is 6.64. The first kappa shape index (κ1) is 20.6. The summed E-state index contributed by atoms with van der Waals surface area (Å²) in [4.78, 5) is 0. The average Bonchev–Trinajstić information content (AvgIpc) is 3.23. The summed E-state index contributed by atoms with van der Waals surface area (Å²) in [6, 6.07) is 15.8. The first-order valence-corrected chi connectivity index (χ1v) is 8.90. The number of nitrogens with zero attached hydrogens (tertiary/aromatic N) is 2. The Morgan fingerprint density at radius 2 is 0.742 bits per heavy atom. The van der Waals surface area contributed by atoms with E-state index in [1.54, 1.807) is 24.3 Å². The van der Waals surface area contributed by atoms with Gasteiger partial charge in [-0.25, -0.2) is 0 Å². The number of aromatic nitrogens is 2. The van der Waals surface area contributed by atoms with E-state index in [1.165, 1.54) is 24.3 Å². The highest BCUT2D eigenvalue weighted by Crippen LogP contribution is 2.33. The molecule has 158 valence electrons. The highest BCUT2D eigenvalue weighted by atomic mass is 19.4. The smallest absolute Gasteiger partial charge is 0.416 e. The van der Waals surface area contributed by atoms with E-state index in [-0.39, 0.29) is 11.8 Å². The van der Waals surface area contributed by atoms with Crippen molar-refractivity contribution in [3.8, 4) is 34.0 Å². The molecule has 0 aliphatic heterocycles. The zero-order chi connectivity index (χ0) is 22.2. The third-order valence-corrected chi connectivity index (χ3v) is 4.56. The lowest BCUT2D eigenvalue weighted by Gasteiger charge is -2.08. The van der Waals surface area contributed by atoms with Crippen molar-refractivity contribution < 1.29 is 30.8 Å². The van der Waals surface area contributed by atoms with Crippen LogP contribution in [0.15, 0.2) is 77.2 Å². The highest BCUT2D eigenvalue weighted by molar-refractivity contribution is 5.68. The van der Waals surface area contributed by atoms with Crippen LogP contribution in [0, 0.1) is 0 Å². The van der Waals surface area contributed by atoms with E-state index in [2.05, 4.69) is 10.2 Å². The standard InChI is InChI=1S/C22H12F6N2O/c23-21(24,25)17-9-5-14(6-10-17)13-1-3-15(4-2-13)19-29-30-20(31-19)16-7-11-18(12-8-16)22(26,27)28/h1-12H. The Balaban J connectivity index is 1.53. The molecule has 0 radical (unpaired) electrons. The van der Waals surface area contributed by atoms with E-state index in [1.807, 2.05) is 0 Å². The molecule has 1 aromatic heterocycles. The molecule has 0 spiro atoms. The quantitative estimate of drug-likeness (QED) is 0.323. The van der Waals surface area contributed by atoms with Crippen molar-refractivity contribution >= 4 is 0 Å². The predicted octanol–water partition coefficient (Wildman–Crippen LogP) is 7.11. The van der Waals surface area contributed by atoms with Gasteiger partial charge >= 0.3 is 12.4 Å². The Morgan fingerprint density at radius 1 is 0.452 bits per heavy atom. The average molecular weight is 434 g/mol. The lowest BCUT2D eigenvalue weighted by molar-refractivity contribution is -0.138. The van der Waals surface area contributed by atoms with Crippen molar-refractivity contribution in [3.63, 3.8) is 0 Å². The summed E-state index contributed by atoms with van der Waals surface area (Å²) in [5.74, 6) is 0.226. The van der Waals surface area contributed by atoms with Gasteiger partial charge in [0.15, 0.2) is 0 Å². The monoisotopic (exact) mass is 434 g/mol. The number of benzene rings is 3. The molecule has 0 aliphatic carbocycles. The topological polar surface area (TPSA) is 38.9 Å². The minimum Gasteiger partial charge on any atom is -0.416 e. The van der Waals surface area contributed by atoms with Crippen LogP contribution in [0.3, 0.4) is 0 Å². The molecule has 0 saturated carbocycles. The maximum absolute atomic E-state index is 12.7. The van der Waals surface area contributed by atoms with Crippen molar-refractivity contribution in [3.05, 3.63) is 83.9 Å². The molecule has 4 aromatic rings. The third-order valence-electron chi connectivity index (χ3n) is 4.56. The minimum absolute atomic E-state index is 0.0653. The fourth-order valence-corrected chi connectivity index (χ4v) is 2.92. The van der Waals surface area contributed by atoms with Gasteiger partial charge in [0, 0.05) is 11.1 Å². The SMILES string of the molecule is FC(F)(F)c1ccc(-c2ccc(-c3nnc(-c4ccc(C(F)(F)F)cc4)o3)cc2)cc1. The van der Waals surface area contributed by atoms with Crippen LogP contribution in [0.5, 0.6) is 0 Å². The van der Waals surface area contributed by atoms with Gasteiger partial charge in [-0.1, -0.05) is 24.3 Å². The largest absolute Gasteiger partial charge is 0.416 e. The molecule has 1 heterocycles. The zero-order valence-corrected chi connectivity index (χ0v) is 15.5. The third kappa shape index (κ3) is 4.45. The molecule has 0 atom stereocenters. The van der Waals surface area contributed by atoms with Crippen molar-refractivity contribution in [2.45, 2.75) is 12.4 Å². The molecular weight excluding hydrogens is 422 g/mol. The molecule has 4 rings (SSSR count). The van der Waals surface area contributed by atoms with E-state index in [4.69, 9.17) is 4.42 Å². The van der Waals surface area contributed by atoms with Gasteiger partial charge in [0.25, 0.3) is 0 Å². The number of halogens is 6. The van der Waals surface area contributed by atoms with E-state index < -0.39 is 23.5 Å². The maximum atomic E-state index is 12.7. The molecule has 0 N–H and O–H groups in total. The van der Waals surface area contributed by atoms with Gasteiger partial charge in [0.2, 0.25) is 11.8 Å². The fraction of sp³-hybridized carbons (Fsp3) is 0.0909. The molecular formula is C22H12F6N2O. The Bertz CT molecular complexity index is 1180. The van der Waals surface area contributed by atoms with Gasteiger partial charge in [-0.15, -0.1) is 10.2 Å². The number of alkyl halides is 6. The molecule has 0 aliphatic rings. The fourth-order valence-electron chi connectivity index (χ4n) is 2.92. The van der Waals surface area contributed by atoms with Crippen LogP contribution in [-0.2, 0) is 12.4 Å². The summed E-state index contributed by atoms with van der Waals surface area (Å²) in [6.45, 7) is 0. The van der Waals surface area contributed by atoms with E-state index in [9.17, 15) is 26.3 Å². The van der Waals surface area contributed by atoms with Crippen LogP contribution in [0.4, 0.5) is 26.3 Å². The summed E-state index contributed by atoms with van der Waals surface area (Å²) in [5, 5.41) is 7.77. The van der Waals surface area contributed by atoms with Crippen LogP contribution in [0.2, 0.25) is 0 Å².